The number of amides is 1. The molecular formula is C16H17F3N4O4. The van der Waals surface area contributed by atoms with Crippen molar-refractivity contribution in [2.45, 2.75) is 12.7 Å². The second-order valence-corrected chi connectivity index (χ2v) is 5.11. The third-order valence-electron chi connectivity index (χ3n) is 3.36. The second-order valence-electron chi connectivity index (χ2n) is 5.11. The average Bonchev–Trinajstić information content (AvgIpc) is 3.09. The third kappa shape index (κ3) is 4.90. The minimum absolute atomic E-state index is 0.344. The SMILES string of the molecule is COc1ccc(/C=N\NC(=O)Cn2ccc(C(F)(F)F)n2)c(OC)c1OC. The molecule has 0 spiro atoms. The van der Waals surface area contributed by atoms with Gasteiger partial charge in [-0.3, -0.25) is 9.48 Å². The molecule has 0 atom stereocenters. The van der Waals surface area contributed by atoms with E-state index in [1.165, 1.54) is 27.5 Å². The minimum atomic E-state index is -4.57. The number of ether oxygens (including phenoxy) is 3. The monoisotopic (exact) mass is 386 g/mol. The van der Waals surface area contributed by atoms with Crippen LogP contribution in [0.2, 0.25) is 0 Å². The lowest BCUT2D eigenvalue weighted by Gasteiger charge is -2.13. The molecule has 8 nitrogen and oxygen atoms in total. The van der Waals surface area contributed by atoms with Gasteiger partial charge in [-0.05, 0) is 18.2 Å². The van der Waals surface area contributed by atoms with Crippen LogP contribution < -0.4 is 19.6 Å². The minimum Gasteiger partial charge on any atom is -0.493 e. The maximum atomic E-state index is 12.5. The van der Waals surface area contributed by atoms with Gasteiger partial charge in [-0.2, -0.15) is 23.4 Å². The summed E-state index contributed by atoms with van der Waals surface area (Å²) in [4.78, 5) is 11.8. The van der Waals surface area contributed by atoms with E-state index in [9.17, 15) is 18.0 Å². The Morgan fingerprint density at radius 1 is 1.19 bits per heavy atom. The first-order valence-corrected chi connectivity index (χ1v) is 7.51. The molecule has 11 heteroatoms. The number of nitrogens with zero attached hydrogens (tertiary/aromatic N) is 3. The van der Waals surface area contributed by atoms with Crippen molar-refractivity contribution in [2.75, 3.05) is 21.3 Å². The summed E-state index contributed by atoms with van der Waals surface area (Å²) in [6.07, 6.45) is -2.20. The van der Waals surface area contributed by atoms with Crippen molar-refractivity contribution in [3.8, 4) is 17.2 Å². The van der Waals surface area contributed by atoms with Crippen LogP contribution in [0.15, 0.2) is 29.5 Å². The quantitative estimate of drug-likeness (QED) is 0.582. The van der Waals surface area contributed by atoms with E-state index in [4.69, 9.17) is 14.2 Å². The summed E-state index contributed by atoms with van der Waals surface area (Å²) in [6, 6.07) is 4.05. The number of methoxy groups -OCH3 is 3. The van der Waals surface area contributed by atoms with Gasteiger partial charge in [-0.15, -0.1) is 0 Å². The van der Waals surface area contributed by atoms with Crippen molar-refractivity contribution in [1.29, 1.82) is 0 Å². The van der Waals surface area contributed by atoms with Crippen molar-refractivity contribution in [1.82, 2.24) is 15.2 Å². The number of benzene rings is 1. The van der Waals surface area contributed by atoms with E-state index < -0.39 is 24.3 Å². The molecule has 146 valence electrons. The maximum Gasteiger partial charge on any atom is 0.435 e. The Kier molecular flexibility index (Phi) is 6.27. The van der Waals surface area contributed by atoms with Crippen LogP contribution in [0.1, 0.15) is 11.3 Å². The van der Waals surface area contributed by atoms with Crippen molar-refractivity contribution in [3.05, 3.63) is 35.7 Å². The first-order valence-electron chi connectivity index (χ1n) is 7.51. The van der Waals surface area contributed by atoms with Gasteiger partial charge < -0.3 is 14.2 Å². The Hall–Kier alpha value is -3.24. The summed E-state index contributed by atoms with van der Waals surface area (Å²) < 4.78 is 54.0. The average molecular weight is 386 g/mol. The maximum absolute atomic E-state index is 12.5. The van der Waals surface area contributed by atoms with Crippen molar-refractivity contribution < 1.29 is 32.2 Å². The molecule has 27 heavy (non-hydrogen) atoms. The fourth-order valence-electron chi connectivity index (χ4n) is 2.18. The van der Waals surface area contributed by atoms with Crippen LogP contribution in [0.4, 0.5) is 13.2 Å². The molecular weight excluding hydrogens is 369 g/mol. The number of aromatic nitrogens is 2. The molecule has 0 unspecified atom stereocenters. The van der Waals surface area contributed by atoms with E-state index in [1.54, 1.807) is 12.1 Å². The van der Waals surface area contributed by atoms with Crippen LogP contribution >= 0.6 is 0 Å². The van der Waals surface area contributed by atoms with E-state index in [1.807, 2.05) is 0 Å². The fraction of sp³-hybridized carbons (Fsp3) is 0.312. The fourth-order valence-corrected chi connectivity index (χ4v) is 2.18. The Morgan fingerprint density at radius 2 is 1.89 bits per heavy atom. The summed E-state index contributed by atoms with van der Waals surface area (Å²) in [7, 11) is 4.36. The summed E-state index contributed by atoms with van der Waals surface area (Å²) in [5.41, 5.74) is 1.63. The Labute approximate surface area is 152 Å². The molecule has 1 N–H and O–H groups in total. The van der Waals surface area contributed by atoms with Crippen LogP contribution in [-0.4, -0.2) is 43.2 Å². The molecule has 1 aromatic heterocycles. The van der Waals surface area contributed by atoms with Gasteiger partial charge in [-0.25, -0.2) is 5.43 Å². The highest BCUT2D eigenvalue weighted by Gasteiger charge is 2.33. The first kappa shape index (κ1) is 20.1. The van der Waals surface area contributed by atoms with Gasteiger partial charge in [0, 0.05) is 11.8 Å². The smallest absolute Gasteiger partial charge is 0.435 e. The second kappa shape index (κ2) is 8.43. The van der Waals surface area contributed by atoms with Crippen molar-refractivity contribution in [3.63, 3.8) is 0 Å². The molecule has 0 aliphatic rings. The number of hydrogen-bond acceptors (Lipinski definition) is 6. The zero-order chi connectivity index (χ0) is 20.0. The van der Waals surface area contributed by atoms with Crippen LogP contribution in [0, 0.1) is 0 Å². The molecule has 0 fully saturated rings. The standard InChI is InChI=1S/C16H17F3N4O4/c1-25-11-5-4-10(14(26-2)15(11)27-3)8-20-21-13(24)9-23-7-6-12(22-23)16(17,18)19/h4-8H,9H2,1-3H3,(H,21,24)/b20-8-. The van der Waals surface area contributed by atoms with Gasteiger partial charge in [0.15, 0.2) is 17.2 Å². The number of alkyl halides is 3. The van der Waals surface area contributed by atoms with E-state index >= 15 is 0 Å². The Bertz CT molecular complexity index is 834. The Balaban J connectivity index is 2.05. The Morgan fingerprint density at radius 3 is 2.44 bits per heavy atom. The largest absolute Gasteiger partial charge is 0.493 e. The summed E-state index contributed by atoms with van der Waals surface area (Å²) in [5, 5.41) is 7.05. The van der Waals surface area contributed by atoms with E-state index in [0.29, 0.717) is 22.8 Å². The van der Waals surface area contributed by atoms with Crippen LogP contribution in [0.5, 0.6) is 17.2 Å². The van der Waals surface area contributed by atoms with E-state index in [2.05, 4.69) is 15.6 Å². The highest BCUT2D eigenvalue weighted by Crippen LogP contribution is 2.38. The molecule has 1 aromatic carbocycles. The number of rotatable bonds is 7. The number of carbonyl (C=O) groups excluding carboxylic acids is 1. The number of nitrogens with one attached hydrogen (secondary N) is 1. The lowest BCUT2D eigenvalue weighted by molar-refractivity contribution is -0.141. The van der Waals surface area contributed by atoms with Crippen LogP contribution in [0.3, 0.4) is 0 Å². The number of hydrogen-bond donors (Lipinski definition) is 1. The highest BCUT2D eigenvalue weighted by atomic mass is 19.4. The predicted molar refractivity (Wildman–Crippen MR) is 89.1 cm³/mol. The number of hydrazone groups is 1. The topological polar surface area (TPSA) is 87.0 Å². The molecule has 2 aromatic rings. The lowest BCUT2D eigenvalue weighted by atomic mass is 10.2. The molecule has 0 aliphatic carbocycles. The van der Waals surface area contributed by atoms with Crippen molar-refractivity contribution >= 4 is 12.1 Å². The predicted octanol–water partition coefficient (Wildman–Crippen LogP) is 2.08. The van der Waals surface area contributed by atoms with Gasteiger partial charge in [0.05, 0.1) is 27.5 Å². The molecule has 0 radical (unpaired) electrons. The van der Waals surface area contributed by atoms with Crippen molar-refractivity contribution in [2.24, 2.45) is 5.10 Å². The summed E-state index contributed by atoms with van der Waals surface area (Å²) >= 11 is 0. The molecule has 0 aliphatic heterocycles. The van der Waals surface area contributed by atoms with Gasteiger partial charge in [0.25, 0.3) is 5.91 Å². The number of halogens is 3. The van der Waals surface area contributed by atoms with E-state index in [-0.39, 0.29) is 0 Å². The molecule has 1 amide bonds. The van der Waals surface area contributed by atoms with E-state index in [0.717, 1.165) is 16.9 Å². The van der Waals surface area contributed by atoms with Crippen LogP contribution in [-0.2, 0) is 17.5 Å². The molecule has 0 saturated heterocycles. The summed E-state index contributed by atoms with van der Waals surface area (Å²) in [6.45, 7) is -0.420. The molecule has 0 saturated carbocycles. The molecule has 1 heterocycles. The first-order chi connectivity index (χ1) is 12.8. The van der Waals surface area contributed by atoms with Gasteiger partial charge in [0.2, 0.25) is 5.75 Å². The molecule has 2 rings (SSSR count). The third-order valence-corrected chi connectivity index (χ3v) is 3.36. The van der Waals surface area contributed by atoms with Crippen LogP contribution in [0.25, 0.3) is 0 Å². The number of carbonyl (C=O) groups is 1. The normalized spacial score (nSPS) is 11.5. The van der Waals surface area contributed by atoms with Gasteiger partial charge in [0.1, 0.15) is 6.54 Å². The lowest BCUT2D eigenvalue weighted by Crippen LogP contribution is -2.23. The molecule has 0 bridgehead atoms. The zero-order valence-electron chi connectivity index (χ0n) is 14.7. The van der Waals surface area contributed by atoms with Gasteiger partial charge >= 0.3 is 6.18 Å². The highest BCUT2D eigenvalue weighted by molar-refractivity contribution is 5.87. The summed E-state index contributed by atoms with van der Waals surface area (Å²) in [5.74, 6) is 0.500. The zero-order valence-corrected chi connectivity index (χ0v) is 14.7. The van der Waals surface area contributed by atoms with Gasteiger partial charge in [-0.1, -0.05) is 0 Å².